The predicted molar refractivity (Wildman–Crippen MR) is 118 cm³/mol. The van der Waals surface area contributed by atoms with E-state index in [-0.39, 0.29) is 0 Å². The Morgan fingerprint density at radius 1 is 1.10 bits per heavy atom. The van der Waals surface area contributed by atoms with Crippen molar-refractivity contribution in [2.24, 2.45) is 11.8 Å². The molecule has 3 saturated heterocycles. The van der Waals surface area contributed by atoms with Crippen molar-refractivity contribution in [1.82, 2.24) is 9.88 Å². The number of ether oxygens (including phenoxy) is 1. The van der Waals surface area contributed by atoms with Crippen LogP contribution in [0.1, 0.15) is 24.0 Å². The molecule has 0 saturated carbocycles. The fraction of sp³-hybridized carbons (Fsp3) is 0.346. The molecule has 6 rings (SSSR count). The molecule has 4 heterocycles. The van der Waals surface area contributed by atoms with E-state index >= 15 is 0 Å². The summed E-state index contributed by atoms with van der Waals surface area (Å²) in [6, 6.07) is 21.5. The number of hydrogen-bond donors (Lipinski definition) is 0. The third-order valence-electron chi connectivity index (χ3n) is 6.70. The Morgan fingerprint density at radius 2 is 1.93 bits per heavy atom. The molecular weight excluding hydrogens is 356 g/mol. The van der Waals surface area contributed by atoms with Gasteiger partial charge in [-0.05, 0) is 54.8 Å². The summed E-state index contributed by atoms with van der Waals surface area (Å²) in [4.78, 5) is 7.44. The van der Waals surface area contributed by atoms with Gasteiger partial charge in [-0.1, -0.05) is 54.6 Å². The molecule has 3 fully saturated rings. The summed E-state index contributed by atoms with van der Waals surface area (Å²) in [7, 11) is 0. The maximum Gasteiger partial charge on any atom is 0.214 e. The highest BCUT2D eigenvalue weighted by Crippen LogP contribution is 2.38. The van der Waals surface area contributed by atoms with Crippen LogP contribution in [-0.4, -0.2) is 29.0 Å². The summed E-state index contributed by atoms with van der Waals surface area (Å²) in [5.41, 5.74) is 3.54. The molecule has 2 bridgehead atoms. The van der Waals surface area contributed by atoms with Crippen LogP contribution in [0.5, 0.6) is 5.88 Å². The van der Waals surface area contributed by atoms with Crippen LogP contribution in [0.4, 0.5) is 0 Å². The van der Waals surface area contributed by atoms with Crippen LogP contribution >= 0.6 is 0 Å². The van der Waals surface area contributed by atoms with Gasteiger partial charge in [0, 0.05) is 24.0 Å². The minimum absolute atomic E-state index is 0.546. The summed E-state index contributed by atoms with van der Waals surface area (Å²) in [5, 5.41) is 1.25. The molecule has 0 aliphatic carbocycles. The van der Waals surface area contributed by atoms with Gasteiger partial charge in [0.05, 0.1) is 5.52 Å². The summed E-state index contributed by atoms with van der Waals surface area (Å²) < 4.78 is 6.09. The van der Waals surface area contributed by atoms with Crippen molar-refractivity contribution < 1.29 is 4.74 Å². The number of hydrogen-bond acceptors (Lipinski definition) is 3. The second kappa shape index (κ2) is 8.00. The maximum atomic E-state index is 6.09. The Morgan fingerprint density at radius 3 is 2.72 bits per heavy atom. The molecule has 2 aromatic carbocycles. The Bertz CT molecular complexity index is 1000. The Kier molecular flexibility index (Phi) is 5.07. The first-order valence-corrected chi connectivity index (χ1v) is 10.7. The smallest absolute Gasteiger partial charge is 0.214 e. The standard InChI is InChI=1S/C26H28N2O/c1-2-20-17-28-13-12-21(20)14-23(28)15-22-16-26(27-25-11-7-6-10-24(22)25)29-18-19-8-4-3-5-9-19/h2-11,16,20-21,23H,1,12-15,17-18H2/t20-,21+,23+/m0/s1. The molecule has 3 nitrogen and oxygen atoms in total. The molecule has 0 N–H and O–H groups in total. The molecular formula is C26H28N2O. The lowest BCUT2D eigenvalue weighted by Gasteiger charge is -2.49. The molecule has 3 aromatic rings. The lowest BCUT2D eigenvalue weighted by molar-refractivity contribution is 0.0196. The van der Waals surface area contributed by atoms with Crippen molar-refractivity contribution >= 4 is 10.9 Å². The van der Waals surface area contributed by atoms with E-state index in [9.17, 15) is 0 Å². The highest BCUT2D eigenvalue weighted by Gasteiger charge is 2.38. The van der Waals surface area contributed by atoms with Crippen LogP contribution in [0.25, 0.3) is 10.9 Å². The fourth-order valence-electron chi connectivity index (χ4n) is 5.11. The zero-order valence-corrected chi connectivity index (χ0v) is 16.8. The highest BCUT2D eigenvalue weighted by atomic mass is 16.5. The molecule has 4 atom stereocenters. The number of para-hydroxylation sites is 1. The van der Waals surface area contributed by atoms with Crippen molar-refractivity contribution in [2.45, 2.75) is 31.9 Å². The largest absolute Gasteiger partial charge is 0.473 e. The minimum atomic E-state index is 0.546. The van der Waals surface area contributed by atoms with E-state index in [1.165, 1.54) is 36.9 Å². The van der Waals surface area contributed by atoms with E-state index in [1.54, 1.807) is 0 Å². The molecule has 148 valence electrons. The number of aromatic nitrogens is 1. The zero-order chi connectivity index (χ0) is 19.6. The first-order valence-electron chi connectivity index (χ1n) is 10.7. The van der Waals surface area contributed by atoms with Crippen molar-refractivity contribution in [3.63, 3.8) is 0 Å². The summed E-state index contributed by atoms with van der Waals surface area (Å²) in [6.45, 7) is 6.99. The number of nitrogens with zero attached hydrogens (tertiary/aromatic N) is 2. The fourth-order valence-corrected chi connectivity index (χ4v) is 5.11. The quantitative estimate of drug-likeness (QED) is 0.543. The third kappa shape index (κ3) is 3.79. The normalized spacial score (nSPS) is 25.8. The van der Waals surface area contributed by atoms with Gasteiger partial charge in [-0.25, -0.2) is 4.98 Å². The van der Waals surface area contributed by atoms with Gasteiger partial charge in [0.25, 0.3) is 0 Å². The highest BCUT2D eigenvalue weighted by molar-refractivity contribution is 5.82. The van der Waals surface area contributed by atoms with Crippen LogP contribution in [0.2, 0.25) is 0 Å². The number of benzene rings is 2. The first kappa shape index (κ1) is 18.4. The zero-order valence-electron chi connectivity index (χ0n) is 16.8. The summed E-state index contributed by atoms with van der Waals surface area (Å²) >= 11 is 0. The number of fused-ring (bicyclic) bond motifs is 4. The van der Waals surface area contributed by atoms with Crippen LogP contribution in [0.3, 0.4) is 0 Å². The average Bonchev–Trinajstić information content (AvgIpc) is 2.79. The molecule has 0 amide bonds. The van der Waals surface area contributed by atoms with Crippen molar-refractivity contribution in [2.75, 3.05) is 13.1 Å². The van der Waals surface area contributed by atoms with Gasteiger partial charge in [-0.3, -0.25) is 4.90 Å². The van der Waals surface area contributed by atoms with E-state index in [4.69, 9.17) is 9.72 Å². The van der Waals surface area contributed by atoms with Crippen LogP contribution in [0.15, 0.2) is 73.3 Å². The van der Waals surface area contributed by atoms with Gasteiger partial charge in [-0.2, -0.15) is 0 Å². The molecule has 1 aromatic heterocycles. The van der Waals surface area contributed by atoms with Crippen LogP contribution in [-0.2, 0) is 13.0 Å². The van der Waals surface area contributed by atoms with E-state index in [0.29, 0.717) is 18.6 Å². The van der Waals surface area contributed by atoms with Gasteiger partial charge >= 0.3 is 0 Å². The van der Waals surface area contributed by atoms with E-state index in [0.717, 1.165) is 29.3 Å². The van der Waals surface area contributed by atoms with Crippen molar-refractivity contribution in [1.29, 1.82) is 0 Å². The lowest BCUT2D eigenvalue weighted by Crippen LogP contribution is -2.53. The maximum absolute atomic E-state index is 6.09. The molecule has 3 aliphatic heterocycles. The Balaban J connectivity index is 1.40. The summed E-state index contributed by atoms with van der Waals surface area (Å²) in [5.74, 6) is 2.19. The molecule has 29 heavy (non-hydrogen) atoms. The molecule has 3 heteroatoms. The van der Waals surface area contributed by atoms with Gasteiger partial charge in [0.2, 0.25) is 5.88 Å². The Labute approximate surface area is 173 Å². The monoisotopic (exact) mass is 384 g/mol. The summed E-state index contributed by atoms with van der Waals surface area (Å²) in [6.07, 6.45) is 5.82. The second-order valence-corrected chi connectivity index (χ2v) is 8.45. The Hall–Kier alpha value is -2.65. The van der Waals surface area contributed by atoms with Gasteiger partial charge in [-0.15, -0.1) is 6.58 Å². The minimum Gasteiger partial charge on any atom is -0.473 e. The molecule has 1 unspecified atom stereocenters. The van der Waals surface area contributed by atoms with Gasteiger partial charge < -0.3 is 4.74 Å². The average molecular weight is 385 g/mol. The second-order valence-electron chi connectivity index (χ2n) is 8.45. The van der Waals surface area contributed by atoms with Crippen molar-refractivity contribution in [3.05, 3.63) is 84.4 Å². The van der Waals surface area contributed by atoms with Crippen molar-refractivity contribution in [3.8, 4) is 5.88 Å². The number of piperidine rings is 3. The molecule has 0 spiro atoms. The van der Waals surface area contributed by atoms with E-state index < -0.39 is 0 Å². The lowest BCUT2D eigenvalue weighted by atomic mass is 9.74. The SMILES string of the molecule is C=C[C@H]1CN2CC[C@@H]1C[C@@H]2Cc1cc(OCc2ccccc2)nc2ccccc12. The number of rotatable bonds is 6. The number of pyridine rings is 1. The van der Waals surface area contributed by atoms with Crippen LogP contribution < -0.4 is 4.74 Å². The molecule has 0 radical (unpaired) electrons. The van der Waals surface area contributed by atoms with E-state index in [2.05, 4.69) is 60.0 Å². The first-order chi connectivity index (χ1) is 14.3. The predicted octanol–water partition coefficient (Wildman–Crippen LogP) is 5.25. The molecule has 3 aliphatic rings. The van der Waals surface area contributed by atoms with Gasteiger partial charge in [0.1, 0.15) is 6.61 Å². The topological polar surface area (TPSA) is 25.4 Å². The van der Waals surface area contributed by atoms with Gasteiger partial charge in [0.15, 0.2) is 0 Å². The van der Waals surface area contributed by atoms with E-state index in [1.807, 2.05) is 18.2 Å². The third-order valence-corrected chi connectivity index (χ3v) is 6.70. The van der Waals surface area contributed by atoms with Crippen LogP contribution in [0, 0.1) is 11.8 Å².